The van der Waals surface area contributed by atoms with Crippen LogP contribution in [0.5, 0.6) is 0 Å². The van der Waals surface area contributed by atoms with Gasteiger partial charge in [0.2, 0.25) is 12.3 Å². The number of aliphatic hydroxyl groups is 1. The van der Waals surface area contributed by atoms with Crippen LogP contribution in [0.15, 0.2) is 48.5 Å². The first kappa shape index (κ1) is 42.5. The molecule has 0 radical (unpaired) electrons. The Bertz CT molecular complexity index is 1620. The van der Waals surface area contributed by atoms with Crippen molar-refractivity contribution in [2.45, 2.75) is 110 Å². The highest BCUT2D eigenvalue weighted by atomic mass is 19.4. The third kappa shape index (κ3) is 9.16. The summed E-state index contributed by atoms with van der Waals surface area (Å²) in [4.78, 5) is 42.0. The zero-order valence-corrected chi connectivity index (χ0v) is 31.8. The molecule has 13 heteroatoms. The number of aliphatic hydroxyl groups excluding tert-OH is 1. The van der Waals surface area contributed by atoms with E-state index in [0.29, 0.717) is 55.1 Å². The Morgan fingerprint density at radius 1 is 1.02 bits per heavy atom. The number of aryl methyl sites for hydroxylation is 1. The summed E-state index contributed by atoms with van der Waals surface area (Å²) >= 11 is 0. The minimum Gasteiger partial charge on any atom is -0.374 e. The molecule has 3 saturated heterocycles. The van der Waals surface area contributed by atoms with Crippen LogP contribution >= 0.6 is 0 Å². The van der Waals surface area contributed by atoms with Gasteiger partial charge in [-0.05, 0) is 63.8 Å². The SMILES string of the molecule is CC.CC.CC1OC(C2CCC(O)N2C=O)N(C)C1=O.CNC(=O)C1CC2c3cccc4[nH]c(C(F)(F)F)c(c34)C[C@H]2N(C)C1.Cc1ccccc1. The van der Waals surface area contributed by atoms with E-state index in [1.54, 1.807) is 33.2 Å². The number of ether oxygens (including phenoxy) is 1. The smallest absolute Gasteiger partial charge is 0.374 e. The fourth-order valence-electron chi connectivity index (χ4n) is 7.60. The molecule has 3 N–H and O–H groups in total. The van der Waals surface area contributed by atoms with E-state index in [1.807, 2.05) is 63.9 Å². The largest absolute Gasteiger partial charge is 0.431 e. The first-order valence-electron chi connectivity index (χ1n) is 18.2. The lowest BCUT2D eigenvalue weighted by atomic mass is 9.72. The molecule has 4 aliphatic rings. The Morgan fingerprint density at radius 3 is 2.19 bits per heavy atom. The highest BCUT2D eigenvalue weighted by Crippen LogP contribution is 2.47. The molecule has 3 fully saturated rings. The molecule has 1 aromatic heterocycles. The molecule has 52 heavy (non-hydrogen) atoms. The average Bonchev–Trinajstić information content (AvgIpc) is 3.80. The van der Waals surface area contributed by atoms with Gasteiger partial charge in [0.15, 0.2) is 6.23 Å². The number of nitrogens with one attached hydrogen (secondary N) is 2. The number of halogens is 3. The van der Waals surface area contributed by atoms with Gasteiger partial charge in [-0.15, -0.1) is 0 Å². The third-order valence-electron chi connectivity index (χ3n) is 10.0. The van der Waals surface area contributed by atoms with Gasteiger partial charge in [0, 0.05) is 43.5 Å². The molecule has 1 aliphatic carbocycles. The fourth-order valence-corrected chi connectivity index (χ4v) is 7.60. The van der Waals surface area contributed by atoms with Crippen LogP contribution in [0.25, 0.3) is 10.9 Å². The molecule has 0 saturated carbocycles. The maximum absolute atomic E-state index is 13.5. The van der Waals surface area contributed by atoms with E-state index in [4.69, 9.17) is 4.74 Å². The van der Waals surface area contributed by atoms with Crippen LogP contribution in [0.2, 0.25) is 0 Å². The lowest BCUT2D eigenvalue weighted by Gasteiger charge is -2.45. The van der Waals surface area contributed by atoms with E-state index in [2.05, 4.69) is 29.4 Å². The minimum atomic E-state index is -4.39. The first-order chi connectivity index (χ1) is 24.8. The van der Waals surface area contributed by atoms with Crippen molar-refractivity contribution in [3.63, 3.8) is 0 Å². The standard InChI is InChI=1S/C18H20F3N3O.C10H16N2O4.C7H8.2C2H6/c1-22-17(25)9-6-11-10-4-3-5-13-15(10)12(7-14(11)24(2)8-9)16(23-13)18(19,20)21;1-6-9(15)11(2)10(16-6)7-3-4-8(14)12(7)5-13;1-7-5-3-2-4-6-7;2*1-2/h3-5,9,11,14,23H,6-8H2,1-2H3,(H,22,25);5-8,10,14H,3-4H2,1-2H3;2-6H,1H3;2*1-2H3/t9?,11?,14-;;;;/m1..../s1. The van der Waals surface area contributed by atoms with E-state index < -0.39 is 30.4 Å². The quantitative estimate of drug-likeness (QED) is 0.282. The van der Waals surface area contributed by atoms with Crippen molar-refractivity contribution < 1.29 is 37.4 Å². The van der Waals surface area contributed by atoms with Crippen LogP contribution in [0, 0.1) is 12.8 Å². The maximum Gasteiger partial charge on any atom is 0.431 e. The number of H-pyrrole nitrogens is 1. The molecule has 0 bridgehead atoms. The number of likely N-dealkylation sites (N-methyl/N-ethyl adjacent to an activating group) is 2. The van der Waals surface area contributed by atoms with Gasteiger partial charge in [0.25, 0.3) is 5.91 Å². The van der Waals surface area contributed by atoms with E-state index >= 15 is 0 Å². The summed E-state index contributed by atoms with van der Waals surface area (Å²) in [5.41, 5.74) is 2.52. The molecule has 10 nitrogen and oxygen atoms in total. The van der Waals surface area contributed by atoms with Crippen LogP contribution in [-0.2, 0) is 31.7 Å². The van der Waals surface area contributed by atoms with Crippen LogP contribution in [0.4, 0.5) is 13.2 Å². The molecular formula is C39H56F3N5O5. The van der Waals surface area contributed by atoms with Gasteiger partial charge in [-0.25, -0.2) is 0 Å². The number of carbonyl (C=O) groups excluding carboxylic acids is 3. The van der Waals surface area contributed by atoms with Crippen molar-refractivity contribution in [2.75, 3.05) is 27.7 Å². The molecule has 6 unspecified atom stereocenters. The Hall–Kier alpha value is -3.94. The molecule has 3 aliphatic heterocycles. The van der Waals surface area contributed by atoms with Gasteiger partial charge in [-0.1, -0.05) is 75.7 Å². The second kappa shape index (κ2) is 18.7. The Morgan fingerprint density at radius 2 is 1.67 bits per heavy atom. The van der Waals surface area contributed by atoms with Gasteiger partial charge in [0.1, 0.15) is 18.0 Å². The highest BCUT2D eigenvalue weighted by molar-refractivity contribution is 5.90. The van der Waals surface area contributed by atoms with Crippen LogP contribution in [0.1, 0.15) is 82.2 Å². The van der Waals surface area contributed by atoms with Gasteiger partial charge >= 0.3 is 6.18 Å². The van der Waals surface area contributed by atoms with Crippen LogP contribution in [0.3, 0.4) is 0 Å². The number of alkyl halides is 3. The molecule has 7 rings (SSSR count). The number of hydrogen-bond donors (Lipinski definition) is 3. The Labute approximate surface area is 305 Å². The number of nitrogens with zero attached hydrogens (tertiary/aromatic N) is 3. The number of fused-ring (bicyclic) bond motifs is 2. The first-order valence-corrected chi connectivity index (χ1v) is 18.2. The van der Waals surface area contributed by atoms with Crippen molar-refractivity contribution in [3.05, 3.63) is 70.9 Å². The van der Waals surface area contributed by atoms with Crippen molar-refractivity contribution in [1.29, 1.82) is 0 Å². The van der Waals surface area contributed by atoms with Gasteiger partial charge in [0.05, 0.1) is 12.0 Å². The van der Waals surface area contributed by atoms with Crippen molar-refractivity contribution in [2.24, 2.45) is 5.92 Å². The molecular weight excluding hydrogens is 675 g/mol. The normalized spacial score (nSPS) is 26.3. The zero-order chi connectivity index (χ0) is 38.9. The van der Waals surface area contributed by atoms with Crippen molar-refractivity contribution in [1.82, 2.24) is 25.0 Å². The average molecular weight is 732 g/mol. The minimum absolute atomic E-state index is 0.00618. The molecule has 4 heterocycles. The molecule has 2 aromatic carbocycles. The highest BCUT2D eigenvalue weighted by Gasteiger charge is 2.47. The summed E-state index contributed by atoms with van der Waals surface area (Å²) < 4.78 is 45.9. The third-order valence-corrected chi connectivity index (χ3v) is 10.0. The Kier molecular flexibility index (Phi) is 15.3. The lowest BCUT2D eigenvalue weighted by molar-refractivity contribution is -0.141. The Balaban J connectivity index is 0.000000230. The summed E-state index contributed by atoms with van der Waals surface area (Å²) in [6.45, 7) is 12.3. The van der Waals surface area contributed by atoms with Gasteiger partial charge < -0.3 is 34.8 Å². The fraction of sp³-hybridized carbons (Fsp3) is 0.564. The van der Waals surface area contributed by atoms with Gasteiger partial charge in [-0.2, -0.15) is 13.2 Å². The van der Waals surface area contributed by atoms with E-state index in [0.717, 1.165) is 5.56 Å². The van der Waals surface area contributed by atoms with Crippen LogP contribution in [-0.4, -0.2) is 101 Å². The number of rotatable bonds is 3. The number of amides is 3. The molecule has 7 atom stereocenters. The van der Waals surface area contributed by atoms with Gasteiger partial charge in [-0.3, -0.25) is 14.4 Å². The zero-order valence-electron chi connectivity index (χ0n) is 31.8. The molecule has 3 amide bonds. The summed E-state index contributed by atoms with van der Waals surface area (Å²) in [6.07, 6.45) is -3.25. The number of aromatic nitrogens is 1. The van der Waals surface area contributed by atoms with Crippen molar-refractivity contribution in [3.8, 4) is 0 Å². The van der Waals surface area contributed by atoms with Crippen molar-refractivity contribution >= 4 is 29.1 Å². The predicted octanol–water partition coefficient (Wildman–Crippen LogP) is 6.07. The number of piperidine rings is 1. The number of benzene rings is 2. The number of likely N-dealkylation sites (tertiary alicyclic amines) is 2. The second-order valence-corrected chi connectivity index (χ2v) is 13.1. The maximum atomic E-state index is 13.5. The predicted molar refractivity (Wildman–Crippen MR) is 196 cm³/mol. The topological polar surface area (TPSA) is 118 Å². The molecule has 0 spiro atoms. The van der Waals surface area contributed by atoms with Crippen LogP contribution < -0.4 is 5.32 Å². The summed E-state index contributed by atoms with van der Waals surface area (Å²) in [6, 6.07) is 15.4. The van der Waals surface area contributed by atoms with E-state index in [9.17, 15) is 32.7 Å². The summed E-state index contributed by atoms with van der Waals surface area (Å²) in [5, 5.41) is 13.0. The molecule has 3 aromatic rings. The van der Waals surface area contributed by atoms with E-state index in [1.165, 1.54) is 15.4 Å². The molecule has 288 valence electrons. The number of carbonyl (C=O) groups is 3. The number of hydrogen-bond acceptors (Lipinski definition) is 6. The van der Waals surface area contributed by atoms with E-state index in [-0.39, 0.29) is 35.7 Å². The number of aromatic amines is 1. The lowest BCUT2D eigenvalue weighted by Crippen LogP contribution is -2.51. The second-order valence-electron chi connectivity index (χ2n) is 13.1. The summed E-state index contributed by atoms with van der Waals surface area (Å²) in [7, 11) is 5.18. The summed E-state index contributed by atoms with van der Waals surface area (Å²) in [5.74, 6) is -0.172. The monoisotopic (exact) mass is 731 g/mol.